The molecule has 0 saturated heterocycles. The Labute approximate surface area is 191 Å². The molecule has 0 bridgehead atoms. The van der Waals surface area contributed by atoms with Crippen LogP contribution in [-0.2, 0) is 25.6 Å². The predicted molar refractivity (Wildman–Crippen MR) is 123 cm³/mol. The first-order chi connectivity index (χ1) is 15.7. The van der Waals surface area contributed by atoms with E-state index in [0.29, 0.717) is 12.7 Å². The molecule has 2 rings (SSSR count). The van der Waals surface area contributed by atoms with Gasteiger partial charge in [0.1, 0.15) is 12.3 Å². The fourth-order valence-corrected chi connectivity index (χ4v) is 3.37. The lowest BCUT2D eigenvalue weighted by molar-refractivity contribution is -0.131. The molecule has 33 heavy (non-hydrogen) atoms. The van der Waals surface area contributed by atoms with Gasteiger partial charge >= 0.3 is 6.03 Å². The number of amides is 5. The van der Waals surface area contributed by atoms with Gasteiger partial charge in [0.2, 0.25) is 17.7 Å². The standard InChI is InChI=1S/C23H29N5O5/c1-14(2)10-19(22(32)25-17(13-29)12-21(31)27-28-23(24)33)26-20(30)11-16-8-5-7-15-6-3-4-9-18(15)16/h3-9,13-14,17,19H,10-12H2,1-2H3,(H,25,32)(H,26,30)(H,27,31)(H3,24,28,33)/t17?,19-/m0/s1. The average molecular weight is 456 g/mol. The number of benzene rings is 2. The van der Waals surface area contributed by atoms with Gasteiger partial charge in [0, 0.05) is 0 Å². The van der Waals surface area contributed by atoms with Crippen molar-refractivity contribution in [1.29, 1.82) is 0 Å². The van der Waals surface area contributed by atoms with Gasteiger partial charge in [-0.3, -0.25) is 19.8 Å². The van der Waals surface area contributed by atoms with Gasteiger partial charge in [-0.05, 0) is 28.7 Å². The SMILES string of the molecule is CC(C)C[C@H](NC(=O)Cc1cccc2ccccc12)C(=O)NC(C=O)CC(=O)NNC(N)=O. The Kier molecular flexibility index (Phi) is 9.34. The molecule has 1 unspecified atom stereocenters. The van der Waals surface area contributed by atoms with Crippen LogP contribution in [0.25, 0.3) is 10.8 Å². The van der Waals surface area contributed by atoms with Crippen molar-refractivity contribution in [2.75, 3.05) is 0 Å². The highest BCUT2D eigenvalue weighted by Gasteiger charge is 2.25. The Morgan fingerprint density at radius 1 is 0.939 bits per heavy atom. The maximum atomic E-state index is 12.8. The van der Waals surface area contributed by atoms with Gasteiger partial charge in [-0.25, -0.2) is 10.2 Å². The fraction of sp³-hybridized carbons (Fsp3) is 0.348. The largest absolute Gasteiger partial charge is 0.350 e. The molecule has 0 aliphatic carbocycles. The molecule has 0 fully saturated rings. The van der Waals surface area contributed by atoms with Crippen LogP contribution in [-0.4, -0.2) is 42.1 Å². The molecule has 2 aromatic rings. The molecule has 0 heterocycles. The minimum atomic E-state index is -1.14. The van der Waals surface area contributed by atoms with E-state index in [1.807, 2.05) is 67.2 Å². The third-order valence-corrected chi connectivity index (χ3v) is 4.81. The smallest absolute Gasteiger partial charge is 0.330 e. The normalized spacial score (nSPS) is 12.5. The summed E-state index contributed by atoms with van der Waals surface area (Å²) in [6.07, 6.45) is 0.426. The molecule has 10 nitrogen and oxygen atoms in total. The molecular formula is C23H29N5O5. The maximum Gasteiger partial charge on any atom is 0.330 e. The summed E-state index contributed by atoms with van der Waals surface area (Å²) in [7, 11) is 0. The van der Waals surface area contributed by atoms with Gasteiger partial charge in [0.15, 0.2) is 0 Å². The topological polar surface area (TPSA) is 159 Å². The maximum absolute atomic E-state index is 12.8. The number of carbonyl (C=O) groups excluding carboxylic acids is 5. The number of nitrogens with two attached hydrogens (primary N) is 1. The van der Waals surface area contributed by atoms with Gasteiger partial charge in [0.05, 0.1) is 18.9 Å². The molecule has 0 aliphatic rings. The van der Waals surface area contributed by atoms with E-state index in [-0.39, 0.29) is 18.2 Å². The number of nitrogens with one attached hydrogen (secondary N) is 4. The Morgan fingerprint density at radius 2 is 1.64 bits per heavy atom. The number of urea groups is 1. The summed E-state index contributed by atoms with van der Waals surface area (Å²) < 4.78 is 0. The van der Waals surface area contributed by atoms with Crippen molar-refractivity contribution in [2.45, 2.75) is 45.2 Å². The lowest BCUT2D eigenvalue weighted by Gasteiger charge is -2.22. The van der Waals surface area contributed by atoms with Gasteiger partial charge in [-0.15, -0.1) is 0 Å². The Bertz CT molecular complexity index is 1020. The molecule has 0 aliphatic heterocycles. The molecular weight excluding hydrogens is 426 g/mol. The zero-order valence-corrected chi connectivity index (χ0v) is 18.6. The number of aldehydes is 1. The molecule has 6 N–H and O–H groups in total. The molecule has 5 amide bonds. The quantitative estimate of drug-likeness (QED) is 0.263. The molecule has 10 heteroatoms. The van der Waals surface area contributed by atoms with Crippen molar-refractivity contribution in [3.05, 3.63) is 48.0 Å². The Morgan fingerprint density at radius 3 is 2.30 bits per heavy atom. The highest BCUT2D eigenvalue weighted by molar-refractivity contribution is 5.93. The van der Waals surface area contributed by atoms with Crippen molar-refractivity contribution < 1.29 is 24.0 Å². The molecule has 0 radical (unpaired) electrons. The second kappa shape index (κ2) is 12.2. The number of primary amides is 1. The minimum absolute atomic E-state index is 0.0800. The van der Waals surface area contributed by atoms with E-state index < -0.39 is 36.3 Å². The van der Waals surface area contributed by atoms with E-state index in [9.17, 15) is 24.0 Å². The third-order valence-electron chi connectivity index (χ3n) is 4.81. The summed E-state index contributed by atoms with van der Waals surface area (Å²) in [4.78, 5) is 59.3. The first kappa shape index (κ1) is 25.3. The first-order valence-corrected chi connectivity index (χ1v) is 10.6. The Balaban J connectivity index is 2.04. The van der Waals surface area contributed by atoms with Crippen molar-refractivity contribution in [3.63, 3.8) is 0 Å². The van der Waals surface area contributed by atoms with Crippen LogP contribution < -0.4 is 27.2 Å². The Hall–Kier alpha value is -3.95. The van der Waals surface area contributed by atoms with Crippen LogP contribution in [0.2, 0.25) is 0 Å². The van der Waals surface area contributed by atoms with Crippen LogP contribution in [0.15, 0.2) is 42.5 Å². The average Bonchev–Trinajstić information content (AvgIpc) is 2.76. The highest BCUT2D eigenvalue weighted by atomic mass is 16.2. The van der Waals surface area contributed by atoms with E-state index in [1.165, 1.54) is 0 Å². The number of hydrazine groups is 1. The van der Waals surface area contributed by atoms with Gasteiger partial charge in [-0.2, -0.15) is 0 Å². The van der Waals surface area contributed by atoms with E-state index >= 15 is 0 Å². The van der Waals surface area contributed by atoms with Crippen LogP contribution in [0.1, 0.15) is 32.3 Å². The van der Waals surface area contributed by atoms with Crippen LogP contribution in [0, 0.1) is 5.92 Å². The van der Waals surface area contributed by atoms with Crippen molar-refractivity contribution in [2.24, 2.45) is 11.7 Å². The van der Waals surface area contributed by atoms with Gasteiger partial charge in [0.25, 0.3) is 0 Å². The zero-order valence-electron chi connectivity index (χ0n) is 18.6. The first-order valence-electron chi connectivity index (χ1n) is 10.6. The van der Waals surface area contributed by atoms with E-state index in [1.54, 1.807) is 0 Å². The number of hydrogen-bond acceptors (Lipinski definition) is 5. The van der Waals surface area contributed by atoms with Crippen molar-refractivity contribution in [1.82, 2.24) is 21.5 Å². The lowest BCUT2D eigenvalue weighted by atomic mass is 10.00. The summed E-state index contributed by atoms with van der Waals surface area (Å²) in [6.45, 7) is 3.80. The van der Waals surface area contributed by atoms with Crippen molar-refractivity contribution >= 4 is 40.8 Å². The van der Waals surface area contributed by atoms with Crippen LogP contribution >= 0.6 is 0 Å². The van der Waals surface area contributed by atoms with E-state index in [0.717, 1.165) is 16.3 Å². The van der Waals surface area contributed by atoms with Crippen molar-refractivity contribution in [3.8, 4) is 0 Å². The molecule has 0 saturated carbocycles. The van der Waals surface area contributed by atoms with Crippen LogP contribution in [0.4, 0.5) is 4.79 Å². The highest BCUT2D eigenvalue weighted by Crippen LogP contribution is 2.19. The van der Waals surface area contributed by atoms with E-state index in [2.05, 4.69) is 10.6 Å². The summed E-state index contributed by atoms with van der Waals surface area (Å²) in [5, 5.41) is 7.17. The van der Waals surface area contributed by atoms with Gasteiger partial charge < -0.3 is 21.2 Å². The molecule has 2 aromatic carbocycles. The monoisotopic (exact) mass is 455 g/mol. The second-order valence-corrected chi connectivity index (χ2v) is 8.06. The summed E-state index contributed by atoms with van der Waals surface area (Å²) in [6, 6.07) is 10.4. The molecule has 0 spiro atoms. The number of rotatable bonds is 10. The van der Waals surface area contributed by atoms with Crippen LogP contribution in [0.3, 0.4) is 0 Å². The molecule has 176 valence electrons. The van der Waals surface area contributed by atoms with Gasteiger partial charge in [-0.1, -0.05) is 56.3 Å². The molecule has 0 aromatic heterocycles. The zero-order chi connectivity index (χ0) is 24.4. The minimum Gasteiger partial charge on any atom is -0.350 e. The number of fused-ring (bicyclic) bond motifs is 1. The number of carbonyl (C=O) groups is 5. The lowest BCUT2D eigenvalue weighted by Crippen LogP contribution is -2.52. The fourth-order valence-electron chi connectivity index (χ4n) is 3.37. The summed E-state index contributed by atoms with van der Waals surface area (Å²) in [5.41, 5.74) is 9.60. The summed E-state index contributed by atoms with van der Waals surface area (Å²) >= 11 is 0. The van der Waals surface area contributed by atoms with Crippen LogP contribution in [0.5, 0.6) is 0 Å². The molecule has 2 atom stereocenters. The predicted octanol–water partition coefficient (Wildman–Crippen LogP) is 0.687. The second-order valence-electron chi connectivity index (χ2n) is 8.06. The third kappa shape index (κ3) is 8.24. The number of hydrogen-bond donors (Lipinski definition) is 5. The summed E-state index contributed by atoms with van der Waals surface area (Å²) in [5.74, 6) is -1.55. The van der Waals surface area contributed by atoms with E-state index in [4.69, 9.17) is 5.73 Å².